The highest BCUT2D eigenvalue weighted by molar-refractivity contribution is 5.94. The van der Waals surface area contributed by atoms with Crippen molar-refractivity contribution < 1.29 is 14.3 Å². The fourth-order valence-corrected chi connectivity index (χ4v) is 4.01. The summed E-state index contributed by atoms with van der Waals surface area (Å²) in [6.45, 7) is 5.31. The Morgan fingerprint density at radius 3 is 2.36 bits per heavy atom. The molecule has 3 aromatic rings. The van der Waals surface area contributed by atoms with Crippen molar-refractivity contribution in [1.82, 2.24) is 19.4 Å². The number of aromatic nitrogens is 2. The van der Waals surface area contributed by atoms with Gasteiger partial charge < -0.3 is 14.6 Å². The molecule has 9 nitrogen and oxygen atoms in total. The molecule has 4 rings (SSSR count). The summed E-state index contributed by atoms with van der Waals surface area (Å²) in [5.74, 6) is -0.293. The van der Waals surface area contributed by atoms with E-state index in [0.717, 1.165) is 0 Å². The van der Waals surface area contributed by atoms with Gasteiger partial charge in [-0.2, -0.15) is 0 Å². The third-order valence-corrected chi connectivity index (χ3v) is 5.76. The number of H-pyrrole nitrogens is 1. The molecule has 1 N–H and O–H groups in total. The summed E-state index contributed by atoms with van der Waals surface area (Å²) in [4.78, 5) is 55.6. The van der Waals surface area contributed by atoms with Gasteiger partial charge >= 0.3 is 17.1 Å². The molecule has 33 heavy (non-hydrogen) atoms. The van der Waals surface area contributed by atoms with Gasteiger partial charge in [-0.15, -0.1) is 0 Å². The number of nitrogens with one attached hydrogen (secondary N) is 1. The second kappa shape index (κ2) is 9.83. The second-order valence-corrected chi connectivity index (χ2v) is 7.85. The number of amides is 1. The normalized spacial score (nSPS) is 14.4. The first kappa shape index (κ1) is 22.5. The molecule has 0 spiro atoms. The molecule has 2 aromatic carbocycles. The average Bonchev–Trinajstić information content (AvgIpc) is 2.84. The van der Waals surface area contributed by atoms with E-state index in [-0.39, 0.29) is 11.9 Å². The maximum Gasteiger partial charge on any atom is 0.321 e. The molecule has 1 saturated heterocycles. The molecular formula is C24H26N4O5. The molecular weight excluding hydrogens is 424 g/mol. The fourth-order valence-electron chi connectivity index (χ4n) is 4.01. The van der Waals surface area contributed by atoms with Crippen molar-refractivity contribution in [3.8, 4) is 5.69 Å². The first-order valence-electron chi connectivity index (χ1n) is 11.0. The van der Waals surface area contributed by atoms with Gasteiger partial charge in [-0.3, -0.25) is 28.6 Å². The minimum Gasteiger partial charge on any atom is -0.466 e. The van der Waals surface area contributed by atoms with Crippen LogP contribution in [0.5, 0.6) is 0 Å². The van der Waals surface area contributed by atoms with Crippen LogP contribution in [0.15, 0.2) is 58.1 Å². The minimum atomic E-state index is -0.699. The monoisotopic (exact) mass is 450 g/mol. The van der Waals surface area contributed by atoms with Crippen molar-refractivity contribution in [3.05, 3.63) is 74.8 Å². The van der Waals surface area contributed by atoms with E-state index in [1.54, 1.807) is 60.4 Å². The summed E-state index contributed by atoms with van der Waals surface area (Å²) in [7, 11) is 0. The SMILES string of the molecule is CCOC(=O)CCN1CCN(C(=O)c2ccc(-n3c(=O)c(=O)[nH]c4ccccc43)cc2)CC1. The number of rotatable bonds is 6. The quantitative estimate of drug-likeness (QED) is 0.450. The number of nitrogens with zero attached hydrogens (tertiary/aromatic N) is 3. The largest absolute Gasteiger partial charge is 0.466 e. The van der Waals surface area contributed by atoms with Crippen molar-refractivity contribution in [2.75, 3.05) is 39.3 Å². The molecule has 0 unspecified atom stereocenters. The Balaban J connectivity index is 1.45. The molecule has 172 valence electrons. The molecule has 1 aromatic heterocycles. The number of ether oxygens (including phenoxy) is 1. The summed E-state index contributed by atoms with van der Waals surface area (Å²) in [6, 6.07) is 13.8. The standard InChI is InChI=1S/C24H26N4O5/c1-2-33-21(29)11-12-26-13-15-27(16-14-26)23(31)17-7-9-18(10-8-17)28-20-6-4-3-5-19(20)25-22(30)24(28)32/h3-10H,2,11-16H2,1H3,(H,25,30). The van der Waals surface area contributed by atoms with E-state index in [2.05, 4.69) is 9.88 Å². The summed E-state index contributed by atoms with van der Waals surface area (Å²) < 4.78 is 6.31. The number of para-hydroxylation sites is 2. The van der Waals surface area contributed by atoms with Crippen LogP contribution in [0.25, 0.3) is 16.7 Å². The molecule has 0 aliphatic carbocycles. The number of aromatic amines is 1. The Kier molecular flexibility index (Phi) is 6.69. The van der Waals surface area contributed by atoms with Crippen LogP contribution in [0.3, 0.4) is 0 Å². The van der Waals surface area contributed by atoms with Crippen LogP contribution in [0.2, 0.25) is 0 Å². The van der Waals surface area contributed by atoms with Crippen LogP contribution >= 0.6 is 0 Å². The highest BCUT2D eigenvalue weighted by Crippen LogP contribution is 2.16. The molecule has 2 heterocycles. The number of hydrogen-bond donors (Lipinski definition) is 1. The highest BCUT2D eigenvalue weighted by atomic mass is 16.5. The zero-order valence-corrected chi connectivity index (χ0v) is 18.5. The molecule has 1 fully saturated rings. The Morgan fingerprint density at radius 1 is 0.970 bits per heavy atom. The zero-order chi connectivity index (χ0) is 23.4. The van der Waals surface area contributed by atoms with Crippen LogP contribution in [-0.4, -0.2) is 70.6 Å². The van der Waals surface area contributed by atoms with Crippen molar-refractivity contribution >= 4 is 22.9 Å². The van der Waals surface area contributed by atoms with Crippen molar-refractivity contribution in [2.24, 2.45) is 0 Å². The summed E-state index contributed by atoms with van der Waals surface area (Å²) in [5, 5.41) is 0. The van der Waals surface area contributed by atoms with E-state index in [9.17, 15) is 19.2 Å². The van der Waals surface area contributed by atoms with Gasteiger partial charge in [0, 0.05) is 44.0 Å². The van der Waals surface area contributed by atoms with Gasteiger partial charge in [-0.05, 0) is 43.3 Å². The number of benzene rings is 2. The lowest BCUT2D eigenvalue weighted by Gasteiger charge is -2.34. The Hall–Kier alpha value is -3.72. The molecule has 0 saturated carbocycles. The van der Waals surface area contributed by atoms with Gasteiger partial charge in [0.2, 0.25) is 0 Å². The Morgan fingerprint density at radius 2 is 1.67 bits per heavy atom. The van der Waals surface area contributed by atoms with E-state index in [0.29, 0.717) is 68.0 Å². The van der Waals surface area contributed by atoms with E-state index in [1.165, 1.54) is 4.57 Å². The maximum absolute atomic E-state index is 12.9. The smallest absolute Gasteiger partial charge is 0.321 e. The van der Waals surface area contributed by atoms with Crippen LogP contribution < -0.4 is 11.1 Å². The van der Waals surface area contributed by atoms with Crippen LogP contribution in [0.1, 0.15) is 23.7 Å². The van der Waals surface area contributed by atoms with Crippen molar-refractivity contribution in [1.29, 1.82) is 0 Å². The van der Waals surface area contributed by atoms with E-state index >= 15 is 0 Å². The highest BCUT2D eigenvalue weighted by Gasteiger charge is 2.22. The summed E-state index contributed by atoms with van der Waals surface area (Å²) in [6.07, 6.45) is 0.347. The predicted octanol–water partition coefficient (Wildman–Crippen LogP) is 1.39. The van der Waals surface area contributed by atoms with E-state index in [4.69, 9.17) is 4.74 Å². The van der Waals surface area contributed by atoms with Gasteiger partial charge in [-0.1, -0.05) is 12.1 Å². The van der Waals surface area contributed by atoms with Crippen LogP contribution in [-0.2, 0) is 9.53 Å². The van der Waals surface area contributed by atoms with E-state index < -0.39 is 11.1 Å². The molecule has 1 aliphatic heterocycles. The molecule has 9 heteroatoms. The Labute approximate surface area is 190 Å². The first-order valence-corrected chi connectivity index (χ1v) is 11.0. The predicted molar refractivity (Wildman–Crippen MR) is 124 cm³/mol. The first-order chi connectivity index (χ1) is 16.0. The number of carbonyl (C=O) groups is 2. The van der Waals surface area contributed by atoms with Gasteiger partial charge in [0.05, 0.1) is 24.1 Å². The van der Waals surface area contributed by atoms with Gasteiger partial charge in [0.15, 0.2) is 0 Å². The second-order valence-electron chi connectivity index (χ2n) is 7.85. The van der Waals surface area contributed by atoms with Gasteiger partial charge in [0.1, 0.15) is 0 Å². The number of hydrogen-bond acceptors (Lipinski definition) is 6. The molecule has 0 bridgehead atoms. The zero-order valence-electron chi connectivity index (χ0n) is 18.5. The van der Waals surface area contributed by atoms with Crippen molar-refractivity contribution in [2.45, 2.75) is 13.3 Å². The lowest BCUT2D eigenvalue weighted by atomic mass is 10.1. The van der Waals surface area contributed by atoms with Crippen LogP contribution in [0, 0.1) is 0 Å². The minimum absolute atomic E-state index is 0.0882. The lowest BCUT2D eigenvalue weighted by Crippen LogP contribution is -2.49. The molecule has 1 aliphatic rings. The summed E-state index contributed by atoms with van der Waals surface area (Å²) >= 11 is 0. The van der Waals surface area contributed by atoms with Crippen molar-refractivity contribution in [3.63, 3.8) is 0 Å². The maximum atomic E-state index is 12.9. The number of fused-ring (bicyclic) bond motifs is 1. The molecule has 0 atom stereocenters. The van der Waals surface area contributed by atoms with Gasteiger partial charge in [0.25, 0.3) is 5.91 Å². The fraction of sp³-hybridized carbons (Fsp3) is 0.333. The third-order valence-electron chi connectivity index (χ3n) is 5.76. The van der Waals surface area contributed by atoms with E-state index in [1.807, 2.05) is 0 Å². The number of carbonyl (C=O) groups excluding carboxylic acids is 2. The lowest BCUT2D eigenvalue weighted by molar-refractivity contribution is -0.143. The topological polar surface area (TPSA) is 105 Å². The molecule has 1 amide bonds. The number of piperazine rings is 1. The average molecular weight is 450 g/mol. The Bertz CT molecular complexity index is 1270. The molecule has 0 radical (unpaired) electrons. The van der Waals surface area contributed by atoms with Crippen LogP contribution in [0.4, 0.5) is 0 Å². The third kappa shape index (κ3) is 4.88. The number of esters is 1. The summed E-state index contributed by atoms with van der Waals surface area (Å²) in [5.41, 5.74) is 0.799. The van der Waals surface area contributed by atoms with Gasteiger partial charge in [-0.25, -0.2) is 0 Å².